The van der Waals surface area contributed by atoms with Crippen LogP contribution in [0.15, 0.2) is 24.3 Å². The monoisotopic (exact) mass is 263 g/mol. The minimum absolute atomic E-state index is 0.0230. The van der Waals surface area contributed by atoms with Crippen LogP contribution in [0.1, 0.15) is 23.7 Å². The van der Waals surface area contributed by atoms with E-state index in [-0.39, 0.29) is 5.91 Å². The second-order valence-corrected chi connectivity index (χ2v) is 4.86. The summed E-state index contributed by atoms with van der Waals surface area (Å²) >= 11 is 0. The lowest BCUT2D eigenvalue weighted by Crippen LogP contribution is -2.28. The average molecular weight is 263 g/mol. The Kier molecular flexibility index (Phi) is 4.04. The van der Waals surface area contributed by atoms with Gasteiger partial charge in [-0.1, -0.05) is 13.0 Å². The first-order chi connectivity index (χ1) is 9.06. The summed E-state index contributed by atoms with van der Waals surface area (Å²) in [4.78, 5) is 24.5. The number of carbonyl (C=O) groups excluding carboxylic acids is 1. The molecule has 2 rings (SSSR count). The Morgan fingerprint density at radius 2 is 2.26 bits per heavy atom. The molecule has 5 heteroatoms. The van der Waals surface area contributed by atoms with E-state index in [1.165, 1.54) is 0 Å². The third kappa shape index (κ3) is 3.47. The van der Waals surface area contributed by atoms with Gasteiger partial charge in [0.25, 0.3) is 5.91 Å². The molecule has 1 saturated heterocycles. The molecule has 102 valence electrons. The van der Waals surface area contributed by atoms with Crippen molar-refractivity contribution in [1.82, 2.24) is 4.90 Å². The van der Waals surface area contributed by atoms with Gasteiger partial charge in [-0.3, -0.25) is 4.79 Å². The number of carboxylic acids is 1. The van der Waals surface area contributed by atoms with Crippen molar-refractivity contribution in [1.29, 1.82) is 0 Å². The quantitative estimate of drug-likeness (QED) is 0.896. The van der Waals surface area contributed by atoms with E-state index >= 15 is 0 Å². The van der Waals surface area contributed by atoms with Crippen molar-refractivity contribution >= 4 is 11.9 Å². The summed E-state index contributed by atoms with van der Waals surface area (Å²) in [5.41, 5.74) is 0.539. The highest BCUT2D eigenvalue weighted by Crippen LogP contribution is 2.20. The van der Waals surface area contributed by atoms with E-state index in [1.807, 2.05) is 4.90 Å². The second kappa shape index (κ2) is 5.73. The van der Waals surface area contributed by atoms with Crippen LogP contribution in [0.2, 0.25) is 0 Å². The molecule has 1 amide bonds. The highest BCUT2D eigenvalue weighted by atomic mass is 16.5. The van der Waals surface area contributed by atoms with Gasteiger partial charge in [0.05, 0.1) is 0 Å². The Bertz CT molecular complexity index is 486. The van der Waals surface area contributed by atoms with Gasteiger partial charge in [0.1, 0.15) is 5.75 Å². The van der Waals surface area contributed by atoms with Crippen LogP contribution in [0, 0.1) is 5.92 Å². The van der Waals surface area contributed by atoms with Gasteiger partial charge in [-0.05, 0) is 30.5 Å². The summed E-state index contributed by atoms with van der Waals surface area (Å²) < 4.78 is 5.07. The Balaban J connectivity index is 2.05. The second-order valence-electron chi connectivity index (χ2n) is 4.86. The summed E-state index contributed by atoms with van der Waals surface area (Å²) in [6.07, 6.45) is 1.03. The summed E-state index contributed by atoms with van der Waals surface area (Å²) in [6, 6.07) is 6.66. The molecule has 1 N–H and O–H groups in total. The van der Waals surface area contributed by atoms with Gasteiger partial charge in [0, 0.05) is 18.7 Å². The van der Waals surface area contributed by atoms with Gasteiger partial charge < -0.3 is 14.7 Å². The van der Waals surface area contributed by atoms with Crippen molar-refractivity contribution in [3.05, 3.63) is 29.8 Å². The molecule has 1 heterocycles. The summed E-state index contributed by atoms with van der Waals surface area (Å²) in [7, 11) is 0. The van der Waals surface area contributed by atoms with Gasteiger partial charge in [-0.2, -0.15) is 0 Å². The maximum atomic E-state index is 12.2. The molecular weight excluding hydrogens is 246 g/mol. The topological polar surface area (TPSA) is 66.8 Å². The van der Waals surface area contributed by atoms with Crippen LogP contribution in [-0.2, 0) is 4.79 Å². The van der Waals surface area contributed by atoms with Crippen molar-refractivity contribution in [2.75, 3.05) is 19.7 Å². The molecule has 1 aliphatic heterocycles. The number of carboxylic acid groups (broad SMARTS) is 1. The fraction of sp³-hybridized carbons (Fsp3) is 0.429. The number of aliphatic carboxylic acids is 1. The van der Waals surface area contributed by atoms with Crippen LogP contribution in [0.25, 0.3) is 0 Å². The van der Waals surface area contributed by atoms with Gasteiger partial charge >= 0.3 is 5.97 Å². The smallest absolute Gasteiger partial charge is 0.341 e. The normalized spacial score (nSPS) is 18.4. The number of carbonyl (C=O) groups is 2. The molecule has 0 bridgehead atoms. The fourth-order valence-electron chi connectivity index (χ4n) is 2.17. The molecule has 0 spiro atoms. The number of amides is 1. The minimum atomic E-state index is -1.04. The lowest BCUT2D eigenvalue weighted by molar-refractivity contribution is -0.139. The van der Waals surface area contributed by atoms with Crippen LogP contribution in [-0.4, -0.2) is 41.6 Å². The molecule has 1 aromatic rings. The van der Waals surface area contributed by atoms with Gasteiger partial charge in [-0.25, -0.2) is 4.79 Å². The largest absolute Gasteiger partial charge is 0.482 e. The van der Waals surface area contributed by atoms with Crippen molar-refractivity contribution in [2.24, 2.45) is 5.92 Å². The van der Waals surface area contributed by atoms with Crippen LogP contribution in [0.5, 0.6) is 5.75 Å². The number of nitrogens with zero attached hydrogens (tertiary/aromatic N) is 1. The molecule has 0 radical (unpaired) electrons. The van der Waals surface area contributed by atoms with E-state index in [4.69, 9.17) is 9.84 Å². The molecule has 19 heavy (non-hydrogen) atoms. The van der Waals surface area contributed by atoms with Crippen molar-refractivity contribution in [3.8, 4) is 5.75 Å². The molecule has 1 atom stereocenters. The Morgan fingerprint density at radius 3 is 2.89 bits per heavy atom. The number of likely N-dealkylation sites (tertiary alicyclic amines) is 1. The Labute approximate surface area is 111 Å². The molecule has 0 saturated carbocycles. The number of hydrogen-bond donors (Lipinski definition) is 1. The Morgan fingerprint density at radius 1 is 1.47 bits per heavy atom. The Hall–Kier alpha value is -2.04. The molecule has 1 aromatic carbocycles. The van der Waals surface area contributed by atoms with Crippen LogP contribution >= 0.6 is 0 Å². The lowest BCUT2D eigenvalue weighted by atomic mass is 10.1. The summed E-state index contributed by atoms with van der Waals surface area (Å²) in [5, 5.41) is 8.55. The summed E-state index contributed by atoms with van der Waals surface area (Å²) in [6.45, 7) is 3.28. The zero-order valence-corrected chi connectivity index (χ0v) is 10.8. The zero-order valence-electron chi connectivity index (χ0n) is 10.8. The van der Waals surface area contributed by atoms with Crippen LogP contribution < -0.4 is 4.74 Å². The molecule has 5 nitrogen and oxygen atoms in total. The predicted molar refractivity (Wildman–Crippen MR) is 69.3 cm³/mol. The molecule has 0 aromatic heterocycles. The van der Waals surface area contributed by atoms with Crippen molar-refractivity contribution < 1.29 is 19.4 Å². The third-order valence-electron chi connectivity index (χ3n) is 3.15. The maximum absolute atomic E-state index is 12.2. The number of benzene rings is 1. The molecule has 0 aliphatic carbocycles. The van der Waals surface area contributed by atoms with E-state index in [9.17, 15) is 9.59 Å². The molecule has 1 aliphatic rings. The average Bonchev–Trinajstić information content (AvgIpc) is 2.82. The van der Waals surface area contributed by atoms with E-state index in [0.717, 1.165) is 19.5 Å². The summed E-state index contributed by atoms with van der Waals surface area (Å²) in [5.74, 6) is -0.119. The minimum Gasteiger partial charge on any atom is -0.482 e. The fourth-order valence-corrected chi connectivity index (χ4v) is 2.17. The van der Waals surface area contributed by atoms with Crippen molar-refractivity contribution in [3.63, 3.8) is 0 Å². The molecule has 1 fully saturated rings. The first-order valence-electron chi connectivity index (χ1n) is 6.30. The van der Waals surface area contributed by atoms with E-state index < -0.39 is 12.6 Å². The molecular formula is C14H17NO4. The highest BCUT2D eigenvalue weighted by Gasteiger charge is 2.24. The standard InChI is InChI=1S/C14H17NO4/c1-10-5-6-15(8-10)14(18)11-3-2-4-12(7-11)19-9-13(16)17/h2-4,7,10H,5-6,8-9H2,1H3,(H,16,17). The van der Waals surface area contributed by atoms with E-state index in [2.05, 4.69) is 6.92 Å². The predicted octanol–water partition coefficient (Wildman–Crippen LogP) is 1.63. The zero-order chi connectivity index (χ0) is 13.8. The first kappa shape index (κ1) is 13.4. The van der Waals surface area contributed by atoms with Crippen molar-refractivity contribution in [2.45, 2.75) is 13.3 Å². The number of hydrogen-bond acceptors (Lipinski definition) is 3. The van der Waals surface area contributed by atoms with Gasteiger partial charge in [-0.15, -0.1) is 0 Å². The molecule has 1 unspecified atom stereocenters. The first-order valence-corrected chi connectivity index (χ1v) is 6.30. The number of ether oxygens (including phenoxy) is 1. The number of rotatable bonds is 4. The lowest BCUT2D eigenvalue weighted by Gasteiger charge is -2.16. The maximum Gasteiger partial charge on any atom is 0.341 e. The van der Waals surface area contributed by atoms with Gasteiger partial charge in [0.15, 0.2) is 6.61 Å². The van der Waals surface area contributed by atoms with Gasteiger partial charge in [0.2, 0.25) is 0 Å². The highest BCUT2D eigenvalue weighted by molar-refractivity contribution is 5.94. The van der Waals surface area contributed by atoms with Crippen LogP contribution in [0.3, 0.4) is 0 Å². The SMILES string of the molecule is CC1CCN(C(=O)c2cccc(OCC(=O)O)c2)C1. The third-order valence-corrected chi connectivity index (χ3v) is 3.15. The van der Waals surface area contributed by atoms with E-state index in [0.29, 0.717) is 17.2 Å². The van der Waals surface area contributed by atoms with E-state index in [1.54, 1.807) is 24.3 Å². The van der Waals surface area contributed by atoms with Crippen LogP contribution in [0.4, 0.5) is 0 Å².